The Hall–Kier alpha value is -0.620. The normalized spacial score (nSPS) is 30.6. The lowest BCUT2D eigenvalue weighted by Crippen LogP contribution is -2.34. The van der Waals surface area contributed by atoms with Gasteiger partial charge >= 0.3 is 5.97 Å². The minimum Gasteiger partial charge on any atom is -0.481 e. The number of carboxylic acid groups (broad SMARTS) is 1. The molecule has 0 aromatic carbocycles. The standard InChI is InChI=1S/C7H13NO4S/c1-7(6(9)10)3-4-8(5-7)13(2,11)12/h3-5H2,1-2H3,(H,9,10). The number of hydrogen-bond donors (Lipinski definition) is 1. The largest absolute Gasteiger partial charge is 0.481 e. The van der Waals surface area contributed by atoms with Crippen LogP contribution >= 0.6 is 0 Å². The van der Waals surface area contributed by atoms with Crippen molar-refractivity contribution in [3.05, 3.63) is 0 Å². The van der Waals surface area contributed by atoms with Crippen LogP contribution in [0.2, 0.25) is 0 Å². The van der Waals surface area contributed by atoms with E-state index in [1.165, 1.54) is 4.31 Å². The van der Waals surface area contributed by atoms with Gasteiger partial charge in [-0.1, -0.05) is 0 Å². The van der Waals surface area contributed by atoms with E-state index in [-0.39, 0.29) is 6.54 Å². The number of sulfonamides is 1. The molecule has 0 amide bonds. The quantitative estimate of drug-likeness (QED) is 0.677. The van der Waals surface area contributed by atoms with Crippen LogP contribution in [0.1, 0.15) is 13.3 Å². The molecule has 0 radical (unpaired) electrons. The molecule has 1 rings (SSSR count). The van der Waals surface area contributed by atoms with Gasteiger partial charge in [0.2, 0.25) is 10.0 Å². The van der Waals surface area contributed by atoms with Crippen molar-refractivity contribution >= 4 is 16.0 Å². The van der Waals surface area contributed by atoms with E-state index in [1.807, 2.05) is 0 Å². The van der Waals surface area contributed by atoms with Crippen LogP contribution in [0, 0.1) is 5.41 Å². The van der Waals surface area contributed by atoms with Crippen molar-refractivity contribution in [2.75, 3.05) is 19.3 Å². The van der Waals surface area contributed by atoms with Crippen molar-refractivity contribution < 1.29 is 18.3 Å². The number of nitrogens with zero attached hydrogens (tertiary/aromatic N) is 1. The maximum Gasteiger partial charge on any atom is 0.310 e. The van der Waals surface area contributed by atoms with Gasteiger partial charge in [-0.05, 0) is 13.3 Å². The molecule has 1 saturated heterocycles. The van der Waals surface area contributed by atoms with Crippen LogP contribution < -0.4 is 0 Å². The van der Waals surface area contributed by atoms with Gasteiger partial charge < -0.3 is 5.11 Å². The second-order valence-corrected chi connectivity index (χ2v) is 5.69. The molecule has 1 atom stereocenters. The van der Waals surface area contributed by atoms with Gasteiger partial charge in [0.1, 0.15) is 0 Å². The van der Waals surface area contributed by atoms with E-state index >= 15 is 0 Å². The average molecular weight is 207 g/mol. The second-order valence-electron chi connectivity index (χ2n) is 3.71. The predicted octanol–water partition coefficient (Wildman–Crippen LogP) is -0.257. The summed E-state index contributed by atoms with van der Waals surface area (Å²) in [6.45, 7) is 1.96. The van der Waals surface area contributed by atoms with Crippen molar-refractivity contribution in [3.63, 3.8) is 0 Å². The first-order valence-corrected chi connectivity index (χ1v) is 5.79. The van der Waals surface area contributed by atoms with Crippen LogP contribution in [-0.4, -0.2) is 43.1 Å². The summed E-state index contributed by atoms with van der Waals surface area (Å²) in [4.78, 5) is 10.8. The van der Waals surface area contributed by atoms with Crippen LogP contribution in [0.4, 0.5) is 0 Å². The summed E-state index contributed by atoms with van der Waals surface area (Å²) in [5.41, 5.74) is -0.914. The zero-order valence-corrected chi connectivity index (χ0v) is 8.47. The Kier molecular flexibility index (Phi) is 2.38. The molecule has 0 saturated carbocycles. The highest BCUT2D eigenvalue weighted by molar-refractivity contribution is 7.88. The number of aliphatic carboxylic acids is 1. The van der Waals surface area contributed by atoms with Crippen LogP contribution in [0.5, 0.6) is 0 Å². The van der Waals surface area contributed by atoms with Gasteiger partial charge in [-0.15, -0.1) is 0 Å². The minimum absolute atomic E-state index is 0.0845. The summed E-state index contributed by atoms with van der Waals surface area (Å²) >= 11 is 0. The van der Waals surface area contributed by atoms with Gasteiger partial charge in [0.25, 0.3) is 0 Å². The second kappa shape index (κ2) is 2.95. The Labute approximate surface area is 77.4 Å². The van der Waals surface area contributed by atoms with E-state index < -0.39 is 21.4 Å². The van der Waals surface area contributed by atoms with Crippen LogP contribution in [-0.2, 0) is 14.8 Å². The van der Waals surface area contributed by atoms with Gasteiger partial charge in [0.15, 0.2) is 0 Å². The molecule has 0 aromatic heterocycles. The smallest absolute Gasteiger partial charge is 0.310 e. The molecule has 1 heterocycles. The van der Waals surface area contributed by atoms with E-state index in [0.29, 0.717) is 13.0 Å². The summed E-state index contributed by atoms with van der Waals surface area (Å²) in [5, 5.41) is 8.83. The molecule has 5 nitrogen and oxygen atoms in total. The lowest BCUT2D eigenvalue weighted by atomic mass is 9.90. The molecular formula is C7H13NO4S. The lowest BCUT2D eigenvalue weighted by molar-refractivity contribution is -0.146. The van der Waals surface area contributed by atoms with Gasteiger partial charge in [-0.2, -0.15) is 0 Å². The number of hydrogen-bond acceptors (Lipinski definition) is 3. The summed E-state index contributed by atoms with van der Waals surface area (Å²) in [6.07, 6.45) is 1.48. The Morgan fingerprint density at radius 2 is 2.08 bits per heavy atom. The molecule has 0 spiro atoms. The minimum atomic E-state index is -3.24. The Balaban J connectivity index is 2.81. The van der Waals surface area contributed by atoms with Crippen molar-refractivity contribution in [2.45, 2.75) is 13.3 Å². The van der Waals surface area contributed by atoms with E-state index in [2.05, 4.69) is 0 Å². The van der Waals surface area contributed by atoms with Crippen molar-refractivity contribution in [2.24, 2.45) is 5.41 Å². The third-order valence-electron chi connectivity index (χ3n) is 2.42. The monoisotopic (exact) mass is 207 g/mol. The zero-order chi connectivity index (χ0) is 10.3. The molecule has 1 fully saturated rings. The molecule has 1 aliphatic heterocycles. The molecule has 1 unspecified atom stereocenters. The van der Waals surface area contributed by atoms with Gasteiger partial charge in [-0.3, -0.25) is 4.79 Å². The molecule has 0 aliphatic carbocycles. The summed E-state index contributed by atoms with van der Waals surface area (Å²) < 4.78 is 23.4. The first-order chi connectivity index (χ1) is 5.76. The van der Waals surface area contributed by atoms with E-state index in [1.54, 1.807) is 6.92 Å². The maximum absolute atomic E-state index is 11.1. The van der Waals surface area contributed by atoms with Gasteiger partial charge in [0, 0.05) is 13.1 Å². The third-order valence-corrected chi connectivity index (χ3v) is 3.67. The maximum atomic E-state index is 11.1. The highest BCUT2D eigenvalue weighted by Gasteiger charge is 2.43. The van der Waals surface area contributed by atoms with E-state index in [4.69, 9.17) is 5.11 Å². The molecule has 76 valence electrons. The zero-order valence-electron chi connectivity index (χ0n) is 7.65. The Morgan fingerprint density at radius 3 is 2.31 bits per heavy atom. The topological polar surface area (TPSA) is 74.7 Å². The third kappa shape index (κ3) is 2.00. The molecular weight excluding hydrogens is 194 g/mol. The number of carboxylic acids is 1. The predicted molar refractivity (Wildman–Crippen MR) is 46.8 cm³/mol. The molecule has 0 aromatic rings. The van der Waals surface area contributed by atoms with Gasteiger partial charge in [0.05, 0.1) is 11.7 Å². The highest BCUT2D eigenvalue weighted by Crippen LogP contribution is 2.31. The van der Waals surface area contributed by atoms with Crippen molar-refractivity contribution in [1.29, 1.82) is 0 Å². The molecule has 0 bridgehead atoms. The average Bonchev–Trinajstić information content (AvgIpc) is 2.31. The highest BCUT2D eigenvalue weighted by atomic mass is 32.2. The number of rotatable bonds is 2. The summed E-state index contributed by atoms with van der Waals surface area (Å²) in [6, 6.07) is 0. The Morgan fingerprint density at radius 1 is 1.54 bits per heavy atom. The fourth-order valence-electron chi connectivity index (χ4n) is 1.38. The SMILES string of the molecule is CC1(C(=O)O)CCN(S(C)(=O)=O)C1. The molecule has 6 heteroatoms. The summed E-state index contributed by atoms with van der Waals surface area (Å²) in [7, 11) is -3.24. The lowest BCUT2D eigenvalue weighted by Gasteiger charge is -2.18. The van der Waals surface area contributed by atoms with E-state index in [9.17, 15) is 13.2 Å². The molecule has 1 N–H and O–H groups in total. The first kappa shape index (κ1) is 10.5. The summed E-state index contributed by atoms with van der Waals surface area (Å²) in [5.74, 6) is -0.932. The molecule has 13 heavy (non-hydrogen) atoms. The first-order valence-electron chi connectivity index (χ1n) is 3.94. The fraction of sp³-hybridized carbons (Fsp3) is 0.857. The van der Waals surface area contributed by atoms with Crippen molar-refractivity contribution in [1.82, 2.24) is 4.31 Å². The van der Waals surface area contributed by atoms with Crippen LogP contribution in [0.25, 0.3) is 0 Å². The molecule has 1 aliphatic rings. The van der Waals surface area contributed by atoms with E-state index in [0.717, 1.165) is 6.26 Å². The Bertz CT molecular complexity index is 323. The fourth-order valence-corrected chi connectivity index (χ4v) is 2.32. The van der Waals surface area contributed by atoms with Crippen molar-refractivity contribution in [3.8, 4) is 0 Å². The van der Waals surface area contributed by atoms with Gasteiger partial charge in [-0.25, -0.2) is 12.7 Å². The number of carbonyl (C=O) groups is 1. The van der Waals surface area contributed by atoms with Crippen LogP contribution in [0.3, 0.4) is 0 Å². The van der Waals surface area contributed by atoms with Crippen LogP contribution in [0.15, 0.2) is 0 Å².